The molecule has 0 aliphatic carbocycles. The Labute approximate surface area is 150 Å². The third-order valence-electron chi connectivity index (χ3n) is 4.22. The summed E-state index contributed by atoms with van der Waals surface area (Å²) in [5.74, 6) is -0.121. The van der Waals surface area contributed by atoms with E-state index in [0.717, 1.165) is 28.0 Å². The van der Waals surface area contributed by atoms with Crippen LogP contribution in [0.5, 0.6) is 0 Å². The number of hydrogen-bond donors (Lipinski definition) is 0. The molecule has 0 N–H and O–H groups in total. The lowest BCUT2D eigenvalue weighted by Crippen LogP contribution is -2.25. The van der Waals surface area contributed by atoms with Crippen LogP contribution in [0.25, 0.3) is 11.0 Å². The fraction of sp³-hybridized carbons (Fsp3) is 0.158. The Bertz CT molecular complexity index is 984. The lowest BCUT2D eigenvalue weighted by molar-refractivity contribution is -0.130. The minimum atomic E-state index is -0.250. The molecule has 0 saturated carbocycles. The van der Waals surface area contributed by atoms with Crippen LogP contribution in [0, 0.1) is 0 Å². The van der Waals surface area contributed by atoms with Crippen molar-refractivity contribution >= 4 is 34.3 Å². The molecule has 1 aliphatic rings. The Balaban J connectivity index is 1.71. The summed E-state index contributed by atoms with van der Waals surface area (Å²) in [7, 11) is 0. The zero-order valence-corrected chi connectivity index (χ0v) is 14.3. The number of carbonyl (C=O) groups excluding carboxylic acids is 1. The van der Waals surface area contributed by atoms with Gasteiger partial charge in [-0.25, -0.2) is 9.99 Å². The first-order valence-corrected chi connectivity index (χ1v) is 8.34. The van der Waals surface area contributed by atoms with Crippen molar-refractivity contribution in [2.45, 2.75) is 19.4 Å². The molecule has 4 rings (SSSR count). The van der Waals surface area contributed by atoms with E-state index in [2.05, 4.69) is 15.1 Å². The summed E-state index contributed by atoms with van der Waals surface area (Å²) in [6, 6.07) is 14.9. The van der Waals surface area contributed by atoms with Crippen molar-refractivity contribution in [3.8, 4) is 0 Å². The number of aromatic nitrogens is 2. The normalized spacial score (nSPS) is 17.0. The number of amides is 1. The predicted octanol–water partition coefficient (Wildman–Crippen LogP) is 3.98. The van der Waals surface area contributed by atoms with Crippen molar-refractivity contribution < 1.29 is 4.79 Å². The van der Waals surface area contributed by atoms with Crippen LogP contribution in [-0.4, -0.2) is 26.6 Å². The lowest BCUT2D eigenvalue weighted by atomic mass is 10.0. The summed E-state index contributed by atoms with van der Waals surface area (Å²) in [6.07, 6.45) is 2.32. The van der Waals surface area contributed by atoms with Crippen molar-refractivity contribution in [2.75, 3.05) is 0 Å². The lowest BCUT2D eigenvalue weighted by Gasteiger charge is -2.19. The Morgan fingerprint density at radius 3 is 2.56 bits per heavy atom. The van der Waals surface area contributed by atoms with Crippen LogP contribution in [0.4, 0.5) is 0 Å². The maximum Gasteiger partial charge on any atom is 0.240 e. The smallest absolute Gasteiger partial charge is 0.240 e. The van der Waals surface area contributed by atoms with Gasteiger partial charge in [-0.15, -0.1) is 0 Å². The van der Waals surface area contributed by atoms with E-state index in [1.54, 1.807) is 6.20 Å². The molecule has 0 spiro atoms. The van der Waals surface area contributed by atoms with E-state index in [9.17, 15) is 4.79 Å². The highest BCUT2D eigenvalue weighted by atomic mass is 35.5. The Morgan fingerprint density at radius 1 is 1.12 bits per heavy atom. The zero-order valence-electron chi connectivity index (χ0n) is 13.6. The predicted molar refractivity (Wildman–Crippen MR) is 97.4 cm³/mol. The maximum atomic E-state index is 12.1. The van der Waals surface area contributed by atoms with E-state index in [1.165, 1.54) is 11.9 Å². The van der Waals surface area contributed by atoms with Crippen LogP contribution >= 0.6 is 11.6 Å². The average molecular weight is 351 g/mol. The van der Waals surface area contributed by atoms with Crippen LogP contribution < -0.4 is 0 Å². The Kier molecular flexibility index (Phi) is 3.93. The van der Waals surface area contributed by atoms with Gasteiger partial charge in [0.15, 0.2) is 0 Å². The molecular weight excluding hydrogens is 336 g/mol. The summed E-state index contributed by atoms with van der Waals surface area (Å²) < 4.78 is 0. The molecule has 0 bridgehead atoms. The quantitative estimate of drug-likeness (QED) is 0.702. The van der Waals surface area contributed by atoms with Gasteiger partial charge in [0, 0.05) is 18.4 Å². The molecule has 2 heterocycles. The van der Waals surface area contributed by atoms with E-state index >= 15 is 0 Å². The number of carbonyl (C=O) groups is 1. The first kappa shape index (κ1) is 15.7. The first-order valence-electron chi connectivity index (χ1n) is 7.97. The molecule has 1 aromatic heterocycles. The Hall–Kier alpha value is -2.79. The number of benzene rings is 2. The second-order valence-corrected chi connectivity index (χ2v) is 6.36. The fourth-order valence-electron chi connectivity index (χ4n) is 2.98. The van der Waals surface area contributed by atoms with E-state index in [0.29, 0.717) is 11.4 Å². The summed E-state index contributed by atoms with van der Waals surface area (Å²) in [6.45, 7) is 1.51. The maximum absolute atomic E-state index is 12.1. The number of hydrazone groups is 1. The van der Waals surface area contributed by atoms with Crippen molar-refractivity contribution in [2.24, 2.45) is 5.10 Å². The van der Waals surface area contributed by atoms with Gasteiger partial charge in [0.05, 0.1) is 28.6 Å². The molecule has 0 radical (unpaired) electrons. The van der Waals surface area contributed by atoms with Gasteiger partial charge in [-0.3, -0.25) is 9.78 Å². The third kappa shape index (κ3) is 2.98. The highest BCUT2D eigenvalue weighted by Gasteiger charge is 2.32. The number of fused-ring (bicyclic) bond motifs is 1. The number of halogens is 1. The van der Waals surface area contributed by atoms with Gasteiger partial charge in [-0.2, -0.15) is 5.10 Å². The van der Waals surface area contributed by atoms with E-state index in [-0.39, 0.29) is 11.9 Å². The second-order valence-electron chi connectivity index (χ2n) is 5.92. The highest BCUT2D eigenvalue weighted by Crippen LogP contribution is 2.32. The number of para-hydroxylation sites is 2. The minimum absolute atomic E-state index is 0.121. The molecule has 124 valence electrons. The average Bonchev–Trinajstić information content (AvgIpc) is 3.07. The summed E-state index contributed by atoms with van der Waals surface area (Å²) in [5.41, 5.74) is 4.17. The van der Waals surface area contributed by atoms with Gasteiger partial charge in [-0.1, -0.05) is 35.9 Å². The minimum Gasteiger partial charge on any atom is -0.273 e. The molecule has 1 aliphatic heterocycles. The van der Waals surface area contributed by atoms with Gasteiger partial charge in [0.25, 0.3) is 0 Å². The SMILES string of the molecule is CC(=O)N1N=C(c2ccc(Cl)cc2)C[C@H]1c1cnc2ccccc2n1. The van der Waals surface area contributed by atoms with Gasteiger partial charge < -0.3 is 0 Å². The van der Waals surface area contributed by atoms with Crippen LogP contribution in [0.3, 0.4) is 0 Å². The molecular formula is C19H15ClN4O. The molecule has 1 amide bonds. The fourth-order valence-corrected chi connectivity index (χ4v) is 3.11. The van der Waals surface area contributed by atoms with Crippen LogP contribution in [0.1, 0.15) is 30.6 Å². The van der Waals surface area contributed by atoms with E-state index < -0.39 is 0 Å². The Morgan fingerprint density at radius 2 is 1.84 bits per heavy atom. The van der Waals surface area contributed by atoms with E-state index in [4.69, 9.17) is 11.6 Å². The third-order valence-corrected chi connectivity index (χ3v) is 4.47. The molecule has 2 aromatic carbocycles. The number of nitrogens with zero attached hydrogens (tertiary/aromatic N) is 4. The zero-order chi connectivity index (χ0) is 17.4. The summed E-state index contributed by atoms with van der Waals surface area (Å²) in [4.78, 5) is 21.2. The highest BCUT2D eigenvalue weighted by molar-refractivity contribution is 6.30. The molecule has 0 saturated heterocycles. The summed E-state index contributed by atoms with van der Waals surface area (Å²) >= 11 is 5.95. The van der Waals surface area contributed by atoms with Gasteiger partial charge in [0.1, 0.15) is 6.04 Å². The molecule has 1 atom stereocenters. The molecule has 6 heteroatoms. The van der Waals surface area contributed by atoms with Crippen LogP contribution in [0.15, 0.2) is 59.8 Å². The van der Waals surface area contributed by atoms with Crippen molar-refractivity contribution in [1.29, 1.82) is 0 Å². The van der Waals surface area contributed by atoms with Crippen molar-refractivity contribution in [3.63, 3.8) is 0 Å². The second kappa shape index (κ2) is 6.26. The number of hydrogen-bond acceptors (Lipinski definition) is 4. The molecule has 25 heavy (non-hydrogen) atoms. The standard InChI is InChI=1S/C19H15ClN4O/c1-12(25)24-19(10-17(23-24)13-6-8-14(20)9-7-13)18-11-21-15-4-2-3-5-16(15)22-18/h2-9,11,19H,10H2,1H3/t19-/m0/s1. The van der Waals surface area contributed by atoms with Crippen LogP contribution in [-0.2, 0) is 4.79 Å². The molecule has 3 aromatic rings. The number of rotatable bonds is 2. The first-order chi connectivity index (χ1) is 12.1. The van der Waals surface area contributed by atoms with Crippen LogP contribution in [0.2, 0.25) is 5.02 Å². The topological polar surface area (TPSA) is 58.5 Å². The van der Waals surface area contributed by atoms with E-state index in [1.807, 2.05) is 48.5 Å². The summed E-state index contributed by atoms with van der Waals surface area (Å²) in [5, 5.41) is 6.67. The molecule has 5 nitrogen and oxygen atoms in total. The van der Waals surface area contributed by atoms with Gasteiger partial charge in [0.2, 0.25) is 5.91 Å². The molecule has 0 fully saturated rings. The monoisotopic (exact) mass is 350 g/mol. The van der Waals surface area contributed by atoms with Crippen molar-refractivity contribution in [3.05, 3.63) is 71.0 Å². The van der Waals surface area contributed by atoms with Gasteiger partial charge >= 0.3 is 0 Å². The largest absolute Gasteiger partial charge is 0.273 e. The van der Waals surface area contributed by atoms with Crippen molar-refractivity contribution in [1.82, 2.24) is 15.0 Å². The molecule has 0 unspecified atom stereocenters. The van der Waals surface area contributed by atoms with Gasteiger partial charge in [-0.05, 0) is 29.8 Å².